The van der Waals surface area contributed by atoms with E-state index in [0.717, 1.165) is 38.2 Å². The number of hydrogen-bond acceptors (Lipinski definition) is 3. The fourth-order valence-corrected chi connectivity index (χ4v) is 2.97. The molecule has 0 radical (unpaired) electrons. The third-order valence-electron chi connectivity index (χ3n) is 4.27. The summed E-state index contributed by atoms with van der Waals surface area (Å²) in [6.45, 7) is 10.0. The Hall–Kier alpha value is -1.39. The molecule has 0 saturated carbocycles. The molecule has 1 aromatic rings. The van der Waals surface area contributed by atoms with Crippen LogP contribution in [-0.4, -0.2) is 43.0 Å². The van der Waals surface area contributed by atoms with Gasteiger partial charge in [0.2, 0.25) is 5.91 Å². The molecule has 1 aromatic carbocycles. The maximum Gasteiger partial charge on any atom is 0.238 e. The minimum atomic E-state index is 0.0812. The third kappa shape index (κ3) is 4.82. The summed E-state index contributed by atoms with van der Waals surface area (Å²) in [6, 6.07) is 8.66. The maximum absolute atomic E-state index is 12.3. The van der Waals surface area contributed by atoms with Crippen LogP contribution in [0.2, 0.25) is 0 Å². The standard InChI is InChI=1S/C18H29N3O/c1-4-11-21(17-9-10-19-12-17)13-18(22)20-16-7-5-15(6-8-16)14(2)3/h5-8,14,17,19H,4,9-13H2,1-3H3,(H,20,22). The molecule has 1 heterocycles. The van der Waals surface area contributed by atoms with Gasteiger partial charge in [0.15, 0.2) is 0 Å². The lowest BCUT2D eigenvalue weighted by atomic mass is 10.0. The molecule has 1 unspecified atom stereocenters. The van der Waals surface area contributed by atoms with Crippen molar-refractivity contribution in [3.05, 3.63) is 29.8 Å². The smallest absolute Gasteiger partial charge is 0.238 e. The zero-order valence-corrected chi connectivity index (χ0v) is 14.1. The van der Waals surface area contributed by atoms with E-state index < -0.39 is 0 Å². The highest BCUT2D eigenvalue weighted by molar-refractivity contribution is 5.92. The van der Waals surface area contributed by atoms with Gasteiger partial charge in [-0.2, -0.15) is 0 Å². The van der Waals surface area contributed by atoms with Crippen LogP contribution in [0.4, 0.5) is 5.69 Å². The predicted octanol–water partition coefficient (Wildman–Crippen LogP) is 2.82. The Morgan fingerprint density at radius 2 is 2.09 bits per heavy atom. The number of nitrogens with zero attached hydrogens (tertiary/aromatic N) is 1. The Kier molecular flexibility index (Phi) is 6.40. The molecule has 0 aromatic heterocycles. The van der Waals surface area contributed by atoms with Gasteiger partial charge in [0, 0.05) is 18.3 Å². The van der Waals surface area contributed by atoms with E-state index in [0.29, 0.717) is 18.5 Å². The van der Waals surface area contributed by atoms with E-state index in [9.17, 15) is 4.79 Å². The van der Waals surface area contributed by atoms with E-state index in [1.807, 2.05) is 12.1 Å². The van der Waals surface area contributed by atoms with E-state index >= 15 is 0 Å². The maximum atomic E-state index is 12.3. The normalized spacial score (nSPS) is 18.1. The first-order valence-corrected chi connectivity index (χ1v) is 8.44. The van der Waals surface area contributed by atoms with Crippen molar-refractivity contribution in [3.63, 3.8) is 0 Å². The number of anilines is 1. The van der Waals surface area contributed by atoms with Crippen LogP contribution in [-0.2, 0) is 4.79 Å². The van der Waals surface area contributed by atoms with Gasteiger partial charge in [0.1, 0.15) is 0 Å². The van der Waals surface area contributed by atoms with Gasteiger partial charge in [-0.1, -0.05) is 32.9 Å². The fraction of sp³-hybridized carbons (Fsp3) is 0.611. The van der Waals surface area contributed by atoms with Gasteiger partial charge in [-0.15, -0.1) is 0 Å². The lowest BCUT2D eigenvalue weighted by Crippen LogP contribution is -2.42. The second-order valence-corrected chi connectivity index (χ2v) is 6.44. The molecule has 4 heteroatoms. The average Bonchev–Trinajstić information content (AvgIpc) is 3.01. The number of amides is 1. The van der Waals surface area contributed by atoms with Crippen molar-refractivity contribution in [1.29, 1.82) is 0 Å². The highest BCUT2D eigenvalue weighted by Gasteiger charge is 2.23. The largest absolute Gasteiger partial charge is 0.325 e. The van der Waals surface area contributed by atoms with Crippen LogP contribution in [0, 0.1) is 0 Å². The molecule has 0 spiro atoms. The molecule has 1 amide bonds. The van der Waals surface area contributed by atoms with Gasteiger partial charge in [0.05, 0.1) is 6.54 Å². The van der Waals surface area contributed by atoms with E-state index in [4.69, 9.17) is 0 Å². The molecule has 2 N–H and O–H groups in total. The molecule has 1 aliphatic heterocycles. The Labute approximate surface area is 134 Å². The Morgan fingerprint density at radius 3 is 2.64 bits per heavy atom. The zero-order chi connectivity index (χ0) is 15.9. The third-order valence-corrected chi connectivity index (χ3v) is 4.27. The summed E-state index contributed by atoms with van der Waals surface area (Å²) in [5, 5.41) is 6.40. The molecule has 1 aliphatic rings. The van der Waals surface area contributed by atoms with Crippen LogP contribution >= 0.6 is 0 Å². The number of nitrogens with one attached hydrogen (secondary N) is 2. The van der Waals surface area contributed by atoms with Crippen molar-refractivity contribution in [2.75, 3.05) is 31.5 Å². The molecule has 1 atom stereocenters. The van der Waals surface area contributed by atoms with Crippen molar-refractivity contribution in [1.82, 2.24) is 10.2 Å². The Morgan fingerprint density at radius 1 is 1.36 bits per heavy atom. The molecular formula is C18H29N3O. The second-order valence-electron chi connectivity index (χ2n) is 6.44. The molecule has 22 heavy (non-hydrogen) atoms. The molecule has 0 bridgehead atoms. The first-order valence-electron chi connectivity index (χ1n) is 8.44. The molecular weight excluding hydrogens is 274 g/mol. The topological polar surface area (TPSA) is 44.4 Å². The molecule has 0 aliphatic carbocycles. The number of carbonyl (C=O) groups excluding carboxylic acids is 1. The highest BCUT2D eigenvalue weighted by atomic mass is 16.2. The quantitative estimate of drug-likeness (QED) is 0.814. The lowest BCUT2D eigenvalue weighted by molar-refractivity contribution is -0.117. The van der Waals surface area contributed by atoms with E-state index in [1.54, 1.807) is 0 Å². The van der Waals surface area contributed by atoms with Crippen LogP contribution < -0.4 is 10.6 Å². The Bertz CT molecular complexity index is 464. The number of benzene rings is 1. The van der Waals surface area contributed by atoms with Crippen molar-refractivity contribution in [3.8, 4) is 0 Å². The van der Waals surface area contributed by atoms with Crippen molar-refractivity contribution < 1.29 is 4.79 Å². The summed E-state index contributed by atoms with van der Waals surface area (Å²) in [5.41, 5.74) is 2.18. The summed E-state index contributed by atoms with van der Waals surface area (Å²) in [4.78, 5) is 14.6. The Balaban J connectivity index is 1.89. The van der Waals surface area contributed by atoms with Crippen LogP contribution in [0.25, 0.3) is 0 Å². The number of carbonyl (C=O) groups is 1. The summed E-state index contributed by atoms with van der Waals surface area (Å²) < 4.78 is 0. The summed E-state index contributed by atoms with van der Waals surface area (Å²) in [5.74, 6) is 0.595. The molecule has 2 rings (SSSR count). The zero-order valence-electron chi connectivity index (χ0n) is 14.1. The predicted molar refractivity (Wildman–Crippen MR) is 92.3 cm³/mol. The second kappa shape index (κ2) is 8.30. The van der Waals surface area contributed by atoms with Gasteiger partial charge >= 0.3 is 0 Å². The molecule has 1 saturated heterocycles. The molecule has 122 valence electrons. The first-order chi connectivity index (χ1) is 10.6. The number of hydrogen-bond donors (Lipinski definition) is 2. The SMILES string of the molecule is CCCN(CC(=O)Nc1ccc(C(C)C)cc1)C1CCNC1. The van der Waals surface area contributed by atoms with Gasteiger partial charge in [0.25, 0.3) is 0 Å². The summed E-state index contributed by atoms with van der Waals surface area (Å²) in [6.07, 6.45) is 2.21. The van der Waals surface area contributed by atoms with Crippen LogP contribution in [0.5, 0.6) is 0 Å². The van der Waals surface area contributed by atoms with Crippen molar-refractivity contribution in [2.45, 2.75) is 45.6 Å². The average molecular weight is 303 g/mol. The van der Waals surface area contributed by atoms with Gasteiger partial charge < -0.3 is 10.6 Å². The number of rotatable bonds is 7. The highest BCUT2D eigenvalue weighted by Crippen LogP contribution is 2.17. The minimum Gasteiger partial charge on any atom is -0.325 e. The molecule has 1 fully saturated rings. The monoisotopic (exact) mass is 303 g/mol. The van der Waals surface area contributed by atoms with Crippen LogP contribution in [0.15, 0.2) is 24.3 Å². The van der Waals surface area contributed by atoms with Crippen LogP contribution in [0.1, 0.15) is 45.1 Å². The summed E-state index contributed by atoms with van der Waals surface area (Å²) in [7, 11) is 0. The molecule has 4 nitrogen and oxygen atoms in total. The van der Waals surface area contributed by atoms with Crippen molar-refractivity contribution in [2.24, 2.45) is 0 Å². The first kappa shape index (κ1) is 17.0. The fourth-order valence-electron chi connectivity index (χ4n) is 2.97. The van der Waals surface area contributed by atoms with Gasteiger partial charge in [-0.05, 0) is 49.5 Å². The van der Waals surface area contributed by atoms with Gasteiger partial charge in [-0.25, -0.2) is 0 Å². The summed E-state index contributed by atoms with van der Waals surface area (Å²) >= 11 is 0. The van der Waals surface area contributed by atoms with E-state index in [2.05, 4.69) is 48.4 Å². The van der Waals surface area contributed by atoms with E-state index in [1.165, 1.54) is 5.56 Å². The lowest BCUT2D eigenvalue weighted by Gasteiger charge is -2.27. The van der Waals surface area contributed by atoms with E-state index in [-0.39, 0.29) is 5.91 Å². The van der Waals surface area contributed by atoms with Crippen LogP contribution in [0.3, 0.4) is 0 Å². The van der Waals surface area contributed by atoms with Gasteiger partial charge in [-0.3, -0.25) is 9.69 Å². The van der Waals surface area contributed by atoms with Crippen molar-refractivity contribution >= 4 is 11.6 Å². The minimum absolute atomic E-state index is 0.0812.